The molecule has 0 aliphatic carbocycles. The van der Waals surface area contributed by atoms with E-state index in [0.717, 1.165) is 0 Å². The summed E-state index contributed by atoms with van der Waals surface area (Å²) >= 11 is 0. The van der Waals surface area contributed by atoms with E-state index in [0.29, 0.717) is 11.3 Å². The Labute approximate surface area is 131 Å². The summed E-state index contributed by atoms with van der Waals surface area (Å²) in [6, 6.07) is 11.6. The molecule has 2 amide bonds. The van der Waals surface area contributed by atoms with Crippen LogP contribution in [0.1, 0.15) is 22.0 Å². The molecule has 0 spiro atoms. The summed E-state index contributed by atoms with van der Waals surface area (Å²) in [5.41, 5.74) is 6.30. The minimum Gasteiger partial charge on any atom is -0.508 e. The molecule has 3 rings (SSSR count). The number of para-hydroxylation sites is 1. The minimum absolute atomic E-state index is 0.000633. The molecular weight excluding hydrogens is 298 g/mol. The third kappa shape index (κ3) is 2.90. The summed E-state index contributed by atoms with van der Waals surface area (Å²) in [5.74, 6) is -1.99. The van der Waals surface area contributed by atoms with Crippen molar-refractivity contribution in [3.8, 4) is 5.75 Å². The van der Waals surface area contributed by atoms with Gasteiger partial charge in [0.15, 0.2) is 0 Å². The van der Waals surface area contributed by atoms with Crippen molar-refractivity contribution in [2.75, 3.05) is 5.32 Å². The maximum atomic E-state index is 12.0. The maximum absolute atomic E-state index is 12.0. The number of phenols is 1. The number of carbonyl (C=O) groups is 3. The number of fused-ring (bicyclic) bond motifs is 1. The molecule has 2 aromatic rings. The number of amides is 2. The van der Waals surface area contributed by atoms with Gasteiger partial charge in [0, 0.05) is 16.8 Å². The molecule has 1 aliphatic heterocycles. The molecule has 1 heterocycles. The number of benzene rings is 2. The van der Waals surface area contributed by atoms with Crippen LogP contribution >= 0.6 is 0 Å². The van der Waals surface area contributed by atoms with Crippen LogP contribution in [0.15, 0.2) is 48.5 Å². The first-order valence-corrected chi connectivity index (χ1v) is 6.85. The zero-order chi connectivity index (χ0) is 16.4. The minimum atomic E-state index is -0.895. The first-order chi connectivity index (χ1) is 11.1. The first-order valence-electron chi connectivity index (χ1n) is 6.85. The molecule has 0 saturated carbocycles. The smallest absolute Gasteiger partial charge is 0.306 e. The summed E-state index contributed by atoms with van der Waals surface area (Å²) in [6.45, 7) is 0. The average Bonchev–Trinajstić information content (AvgIpc) is 2.88. The predicted molar refractivity (Wildman–Crippen MR) is 81.5 cm³/mol. The van der Waals surface area contributed by atoms with Crippen molar-refractivity contribution < 1.29 is 19.5 Å². The highest BCUT2D eigenvalue weighted by molar-refractivity contribution is 6.42. The van der Waals surface area contributed by atoms with Crippen LogP contribution in [0, 0.1) is 0 Å². The molecule has 7 heteroatoms. The van der Waals surface area contributed by atoms with Crippen LogP contribution in [0.3, 0.4) is 0 Å². The highest BCUT2D eigenvalue weighted by Crippen LogP contribution is 2.29. The zero-order valence-electron chi connectivity index (χ0n) is 11.9. The molecule has 116 valence electrons. The number of phenolic OH excluding ortho intramolecular Hbond substituents is 1. The Bertz CT molecular complexity index is 786. The number of aromatic hydroxyl groups is 1. The molecule has 0 bridgehead atoms. The van der Waals surface area contributed by atoms with Crippen molar-refractivity contribution in [2.24, 2.45) is 0 Å². The Hall–Kier alpha value is -3.19. The molecule has 1 aliphatic rings. The van der Waals surface area contributed by atoms with E-state index < -0.39 is 17.7 Å². The fourth-order valence-corrected chi connectivity index (χ4v) is 2.29. The molecule has 2 aromatic carbocycles. The summed E-state index contributed by atoms with van der Waals surface area (Å²) in [7, 11) is 0. The molecule has 0 saturated heterocycles. The van der Waals surface area contributed by atoms with E-state index in [1.807, 2.05) is 0 Å². The van der Waals surface area contributed by atoms with Crippen LogP contribution in [0.5, 0.6) is 5.75 Å². The third-order valence-corrected chi connectivity index (χ3v) is 3.46. The molecule has 4 N–H and O–H groups in total. The van der Waals surface area contributed by atoms with Gasteiger partial charge < -0.3 is 10.4 Å². The number of nitrogens with one attached hydrogen (secondary N) is 3. The van der Waals surface area contributed by atoms with Crippen molar-refractivity contribution in [3.05, 3.63) is 59.7 Å². The standard InChI is InChI=1S/C16H13N3O4/c20-10-7-5-9(6-8-10)14(21)16(23)19-18-13-11-3-1-2-4-12(11)17-15(13)22/h1-8,13,18,20H,(H,17,22)(H,19,23). The molecule has 1 atom stereocenters. The normalized spacial score (nSPS) is 15.7. The van der Waals surface area contributed by atoms with Gasteiger partial charge in [0.2, 0.25) is 5.91 Å². The van der Waals surface area contributed by atoms with Crippen LogP contribution in [-0.2, 0) is 9.59 Å². The van der Waals surface area contributed by atoms with Crippen LogP contribution in [0.2, 0.25) is 0 Å². The highest BCUT2D eigenvalue weighted by Gasteiger charge is 2.30. The summed E-state index contributed by atoms with van der Waals surface area (Å²) in [5, 5.41) is 11.9. The fourth-order valence-electron chi connectivity index (χ4n) is 2.29. The zero-order valence-corrected chi connectivity index (χ0v) is 11.9. The van der Waals surface area contributed by atoms with E-state index in [9.17, 15) is 19.5 Å². The second-order valence-corrected chi connectivity index (χ2v) is 4.98. The lowest BCUT2D eigenvalue weighted by molar-refractivity contribution is -0.120. The molecule has 7 nitrogen and oxygen atoms in total. The van der Waals surface area contributed by atoms with Gasteiger partial charge in [0.05, 0.1) is 0 Å². The second-order valence-electron chi connectivity index (χ2n) is 4.98. The van der Waals surface area contributed by atoms with Gasteiger partial charge in [-0.3, -0.25) is 19.8 Å². The third-order valence-electron chi connectivity index (χ3n) is 3.46. The maximum Gasteiger partial charge on any atom is 0.306 e. The lowest BCUT2D eigenvalue weighted by Gasteiger charge is -2.12. The van der Waals surface area contributed by atoms with E-state index in [1.54, 1.807) is 24.3 Å². The van der Waals surface area contributed by atoms with Crippen molar-refractivity contribution in [2.45, 2.75) is 6.04 Å². The van der Waals surface area contributed by atoms with E-state index in [-0.39, 0.29) is 17.2 Å². The molecule has 1 unspecified atom stereocenters. The van der Waals surface area contributed by atoms with Crippen LogP contribution in [0.4, 0.5) is 5.69 Å². The number of Topliss-reactive ketones (excluding diaryl/α,β-unsaturated/α-hetero) is 1. The van der Waals surface area contributed by atoms with Gasteiger partial charge in [0.1, 0.15) is 11.8 Å². The first kappa shape index (κ1) is 14.7. The molecule has 23 heavy (non-hydrogen) atoms. The van der Waals surface area contributed by atoms with Gasteiger partial charge in [-0.15, -0.1) is 0 Å². The number of rotatable bonds is 4. The number of hydrogen-bond donors (Lipinski definition) is 4. The Balaban J connectivity index is 1.66. The second kappa shape index (κ2) is 5.90. The summed E-state index contributed by atoms with van der Waals surface area (Å²) in [6.07, 6.45) is 0. The number of carbonyl (C=O) groups excluding carboxylic acids is 3. The van der Waals surface area contributed by atoms with Crippen LogP contribution < -0.4 is 16.2 Å². The topological polar surface area (TPSA) is 108 Å². The Kier molecular flexibility index (Phi) is 3.78. The Morgan fingerprint density at radius 3 is 2.48 bits per heavy atom. The number of hydrogen-bond acceptors (Lipinski definition) is 5. The largest absolute Gasteiger partial charge is 0.508 e. The molecule has 0 fully saturated rings. The lowest BCUT2D eigenvalue weighted by Crippen LogP contribution is -2.45. The average molecular weight is 311 g/mol. The van der Waals surface area contributed by atoms with Gasteiger partial charge in [-0.1, -0.05) is 18.2 Å². The van der Waals surface area contributed by atoms with Crippen molar-refractivity contribution in [1.29, 1.82) is 0 Å². The molecule has 0 radical (unpaired) electrons. The monoisotopic (exact) mass is 311 g/mol. The van der Waals surface area contributed by atoms with Crippen molar-refractivity contribution >= 4 is 23.3 Å². The Morgan fingerprint density at radius 2 is 1.74 bits per heavy atom. The SMILES string of the molecule is O=C(NNC1C(=O)Nc2ccccc21)C(=O)c1ccc(O)cc1. The predicted octanol–water partition coefficient (Wildman–Crippen LogP) is 0.889. The van der Waals surface area contributed by atoms with E-state index >= 15 is 0 Å². The quantitative estimate of drug-likeness (QED) is 0.381. The van der Waals surface area contributed by atoms with Gasteiger partial charge in [0.25, 0.3) is 5.78 Å². The number of ketones is 1. The highest BCUT2D eigenvalue weighted by atomic mass is 16.3. The van der Waals surface area contributed by atoms with E-state index in [1.165, 1.54) is 24.3 Å². The molecule has 0 aromatic heterocycles. The number of anilines is 1. The summed E-state index contributed by atoms with van der Waals surface area (Å²) < 4.78 is 0. The van der Waals surface area contributed by atoms with Crippen LogP contribution in [-0.4, -0.2) is 22.7 Å². The van der Waals surface area contributed by atoms with E-state index in [2.05, 4.69) is 16.2 Å². The number of hydrazine groups is 1. The lowest BCUT2D eigenvalue weighted by atomic mass is 10.1. The van der Waals surface area contributed by atoms with E-state index in [4.69, 9.17) is 0 Å². The van der Waals surface area contributed by atoms with Crippen molar-refractivity contribution in [3.63, 3.8) is 0 Å². The molecular formula is C16H13N3O4. The Morgan fingerprint density at radius 1 is 1.04 bits per heavy atom. The summed E-state index contributed by atoms with van der Waals surface area (Å²) in [4.78, 5) is 35.7. The van der Waals surface area contributed by atoms with Crippen molar-refractivity contribution in [1.82, 2.24) is 10.9 Å². The van der Waals surface area contributed by atoms with Gasteiger partial charge in [-0.05, 0) is 30.3 Å². The van der Waals surface area contributed by atoms with Crippen LogP contribution in [0.25, 0.3) is 0 Å². The van der Waals surface area contributed by atoms with Gasteiger partial charge in [-0.25, -0.2) is 5.43 Å². The fraction of sp³-hybridized carbons (Fsp3) is 0.0625. The van der Waals surface area contributed by atoms with Gasteiger partial charge in [-0.2, -0.15) is 0 Å². The van der Waals surface area contributed by atoms with Gasteiger partial charge >= 0.3 is 5.91 Å².